The van der Waals surface area contributed by atoms with Crippen LogP contribution < -0.4 is 0 Å². The number of phenols is 1. The van der Waals surface area contributed by atoms with Crippen molar-refractivity contribution in [2.75, 3.05) is 0 Å². The van der Waals surface area contributed by atoms with E-state index in [9.17, 15) is 15.0 Å². The van der Waals surface area contributed by atoms with E-state index in [-0.39, 0.29) is 11.3 Å². The second kappa shape index (κ2) is 4.11. The number of aliphatic hydroxyl groups excluding tert-OH is 1. The van der Waals surface area contributed by atoms with E-state index in [0.29, 0.717) is 0 Å². The minimum atomic E-state index is -1.16. The lowest BCUT2D eigenvalue weighted by Crippen LogP contribution is -2.05. The number of aryl methyl sites for hydroxylation is 1. The summed E-state index contributed by atoms with van der Waals surface area (Å²) in [6.07, 6.45) is -1.57. The van der Waals surface area contributed by atoms with Crippen LogP contribution in [0.25, 0.3) is 0 Å². The number of aliphatic carboxylic acids is 1. The van der Waals surface area contributed by atoms with Crippen LogP contribution in [0.1, 0.15) is 23.7 Å². The minimum Gasteiger partial charge on any atom is -0.508 e. The Morgan fingerprint density at radius 2 is 2.14 bits per heavy atom. The molecule has 0 aromatic heterocycles. The summed E-state index contributed by atoms with van der Waals surface area (Å²) in [6.45, 7) is 1.80. The van der Waals surface area contributed by atoms with Gasteiger partial charge in [0.2, 0.25) is 0 Å². The molecule has 0 saturated carbocycles. The minimum absolute atomic E-state index is 0.0793. The highest BCUT2D eigenvalue weighted by Gasteiger charge is 2.15. The number of hydrogen-bond acceptors (Lipinski definition) is 3. The number of carboxylic acid groups (broad SMARTS) is 1. The van der Waals surface area contributed by atoms with E-state index in [2.05, 4.69) is 0 Å². The molecule has 3 N–H and O–H groups in total. The second-order valence-corrected chi connectivity index (χ2v) is 3.18. The average Bonchev–Trinajstić information content (AvgIpc) is 2.08. The molecule has 0 aliphatic carbocycles. The van der Waals surface area contributed by atoms with Crippen LogP contribution in [0.3, 0.4) is 0 Å². The Morgan fingerprint density at radius 3 is 2.71 bits per heavy atom. The lowest BCUT2D eigenvalue weighted by Gasteiger charge is -2.10. The van der Waals surface area contributed by atoms with Crippen LogP contribution in [0, 0.1) is 6.92 Å². The van der Waals surface area contributed by atoms with Crippen molar-refractivity contribution in [3.63, 3.8) is 0 Å². The molecule has 0 heterocycles. The molecule has 4 nitrogen and oxygen atoms in total. The van der Waals surface area contributed by atoms with Crippen molar-refractivity contribution in [2.24, 2.45) is 0 Å². The van der Waals surface area contributed by atoms with Gasteiger partial charge in [0.25, 0.3) is 0 Å². The first-order valence-electron chi connectivity index (χ1n) is 4.20. The van der Waals surface area contributed by atoms with Crippen LogP contribution >= 0.6 is 0 Å². The van der Waals surface area contributed by atoms with Gasteiger partial charge in [-0.25, -0.2) is 0 Å². The van der Waals surface area contributed by atoms with Crippen LogP contribution in [-0.2, 0) is 4.79 Å². The Labute approximate surface area is 81.4 Å². The monoisotopic (exact) mass is 196 g/mol. The first-order chi connectivity index (χ1) is 6.50. The maximum atomic E-state index is 10.3. The number of hydrogen-bond donors (Lipinski definition) is 3. The van der Waals surface area contributed by atoms with Gasteiger partial charge in [0, 0.05) is 5.56 Å². The van der Waals surface area contributed by atoms with Gasteiger partial charge in [-0.15, -0.1) is 0 Å². The average molecular weight is 196 g/mol. The third-order valence-corrected chi connectivity index (χ3v) is 1.91. The van der Waals surface area contributed by atoms with Crippen LogP contribution in [0.15, 0.2) is 18.2 Å². The molecule has 1 rings (SSSR count). The van der Waals surface area contributed by atoms with Gasteiger partial charge in [-0.1, -0.05) is 11.6 Å². The topological polar surface area (TPSA) is 77.8 Å². The molecular weight excluding hydrogens is 184 g/mol. The van der Waals surface area contributed by atoms with Gasteiger partial charge in [-0.3, -0.25) is 4.79 Å². The van der Waals surface area contributed by atoms with Gasteiger partial charge >= 0.3 is 5.97 Å². The van der Waals surface area contributed by atoms with Crippen molar-refractivity contribution in [1.82, 2.24) is 0 Å². The Hall–Kier alpha value is -1.55. The molecule has 0 saturated heterocycles. The molecule has 0 amide bonds. The molecule has 1 aromatic rings. The predicted octanol–water partition coefficient (Wildman–Crippen LogP) is 1.21. The summed E-state index contributed by atoms with van der Waals surface area (Å²) in [5.41, 5.74) is 1.12. The molecule has 0 aliphatic heterocycles. The first-order valence-corrected chi connectivity index (χ1v) is 4.20. The summed E-state index contributed by atoms with van der Waals surface area (Å²) in [5, 5.41) is 27.3. The summed E-state index contributed by atoms with van der Waals surface area (Å²) < 4.78 is 0. The highest BCUT2D eigenvalue weighted by atomic mass is 16.4. The molecule has 0 aliphatic rings. The Balaban J connectivity index is 2.93. The van der Waals surface area contributed by atoms with Gasteiger partial charge in [-0.2, -0.15) is 0 Å². The van der Waals surface area contributed by atoms with Gasteiger partial charge in [0.15, 0.2) is 0 Å². The summed E-state index contributed by atoms with van der Waals surface area (Å²) in [5.74, 6) is -1.18. The normalized spacial score (nSPS) is 12.4. The molecule has 1 aromatic carbocycles. The van der Waals surface area contributed by atoms with Crippen LogP contribution in [-0.4, -0.2) is 21.3 Å². The quantitative estimate of drug-likeness (QED) is 0.679. The third kappa shape index (κ3) is 2.47. The standard InChI is InChI=1S/C10H12O4/c1-6-2-3-8(11)7(4-6)9(12)5-10(13)14/h2-4,9,11-12H,5H2,1H3,(H,13,14)/t9-/m0/s1. The fourth-order valence-corrected chi connectivity index (χ4v) is 1.22. The third-order valence-electron chi connectivity index (χ3n) is 1.91. The van der Waals surface area contributed by atoms with Crippen molar-refractivity contribution < 1.29 is 20.1 Å². The van der Waals surface area contributed by atoms with Crippen LogP contribution in [0.5, 0.6) is 5.75 Å². The van der Waals surface area contributed by atoms with Gasteiger partial charge in [0.05, 0.1) is 12.5 Å². The fourth-order valence-electron chi connectivity index (χ4n) is 1.22. The number of carboxylic acids is 1. The highest BCUT2D eigenvalue weighted by Crippen LogP contribution is 2.26. The summed E-state index contributed by atoms with van der Waals surface area (Å²) in [7, 11) is 0. The Kier molecular flexibility index (Phi) is 3.09. The van der Waals surface area contributed by atoms with Crippen LogP contribution in [0.2, 0.25) is 0 Å². The maximum absolute atomic E-state index is 10.3. The number of benzene rings is 1. The fraction of sp³-hybridized carbons (Fsp3) is 0.300. The number of aromatic hydroxyl groups is 1. The number of phenolic OH excluding ortho intramolecular Hbond substituents is 1. The lowest BCUT2D eigenvalue weighted by molar-refractivity contribution is -0.139. The number of carbonyl (C=O) groups is 1. The van der Waals surface area contributed by atoms with Crippen molar-refractivity contribution in [1.29, 1.82) is 0 Å². The Bertz CT molecular complexity index is 346. The first kappa shape index (κ1) is 10.5. The lowest BCUT2D eigenvalue weighted by atomic mass is 10.0. The van der Waals surface area contributed by atoms with E-state index in [1.165, 1.54) is 6.07 Å². The molecule has 76 valence electrons. The SMILES string of the molecule is Cc1ccc(O)c([C@@H](O)CC(=O)O)c1. The zero-order chi connectivity index (χ0) is 10.7. The smallest absolute Gasteiger partial charge is 0.306 e. The summed E-state index contributed by atoms with van der Waals surface area (Å²) in [4.78, 5) is 10.3. The molecule has 0 unspecified atom stereocenters. The van der Waals surface area contributed by atoms with E-state index in [1.54, 1.807) is 19.1 Å². The Morgan fingerprint density at radius 1 is 1.50 bits per heavy atom. The molecule has 0 radical (unpaired) electrons. The van der Waals surface area contributed by atoms with Gasteiger partial charge < -0.3 is 15.3 Å². The van der Waals surface area contributed by atoms with E-state index in [4.69, 9.17) is 5.11 Å². The second-order valence-electron chi connectivity index (χ2n) is 3.18. The molecule has 0 spiro atoms. The molecule has 14 heavy (non-hydrogen) atoms. The van der Waals surface area contributed by atoms with Gasteiger partial charge in [0.1, 0.15) is 5.75 Å². The number of aliphatic hydroxyl groups is 1. The van der Waals surface area contributed by atoms with Crippen molar-refractivity contribution in [2.45, 2.75) is 19.4 Å². The molecule has 1 atom stereocenters. The molecule has 0 fully saturated rings. The van der Waals surface area contributed by atoms with Crippen molar-refractivity contribution >= 4 is 5.97 Å². The van der Waals surface area contributed by atoms with Crippen LogP contribution in [0.4, 0.5) is 0 Å². The van der Waals surface area contributed by atoms with Gasteiger partial charge in [-0.05, 0) is 19.1 Å². The number of rotatable bonds is 3. The molecular formula is C10H12O4. The van der Waals surface area contributed by atoms with E-state index in [0.717, 1.165) is 5.56 Å². The van der Waals surface area contributed by atoms with E-state index < -0.39 is 18.5 Å². The largest absolute Gasteiger partial charge is 0.508 e. The zero-order valence-electron chi connectivity index (χ0n) is 7.77. The maximum Gasteiger partial charge on any atom is 0.306 e. The highest BCUT2D eigenvalue weighted by molar-refractivity contribution is 5.68. The van der Waals surface area contributed by atoms with E-state index in [1.807, 2.05) is 0 Å². The molecule has 0 bridgehead atoms. The van der Waals surface area contributed by atoms with Crippen molar-refractivity contribution in [3.05, 3.63) is 29.3 Å². The summed E-state index contributed by atoms with van der Waals surface area (Å²) >= 11 is 0. The van der Waals surface area contributed by atoms with E-state index >= 15 is 0 Å². The van der Waals surface area contributed by atoms with Crippen molar-refractivity contribution in [3.8, 4) is 5.75 Å². The molecule has 4 heteroatoms. The summed E-state index contributed by atoms with van der Waals surface area (Å²) in [6, 6.07) is 4.70. The zero-order valence-corrected chi connectivity index (χ0v) is 7.77. The predicted molar refractivity (Wildman–Crippen MR) is 50.1 cm³/mol.